The number of carbonyl (C=O) groups is 2. The van der Waals surface area contributed by atoms with Gasteiger partial charge in [0.1, 0.15) is 11.5 Å². The van der Waals surface area contributed by atoms with Crippen molar-refractivity contribution < 1.29 is 14.3 Å². The summed E-state index contributed by atoms with van der Waals surface area (Å²) in [6.07, 6.45) is 0. The van der Waals surface area contributed by atoms with Crippen LogP contribution in [0, 0.1) is 0 Å². The van der Waals surface area contributed by atoms with E-state index in [0.717, 1.165) is 0 Å². The topological polar surface area (TPSA) is 43.4 Å². The van der Waals surface area contributed by atoms with Crippen LogP contribution in [0.5, 0.6) is 11.5 Å². The van der Waals surface area contributed by atoms with Crippen LogP contribution in [0.3, 0.4) is 0 Å². The normalized spacial score (nSPS) is 11.9. The molecule has 0 atom stereocenters. The summed E-state index contributed by atoms with van der Waals surface area (Å²) >= 11 is 33.3. The Morgan fingerprint density at radius 2 is 0.880 bits per heavy atom. The zero-order valence-corrected chi connectivity index (χ0v) is 16.6. The van der Waals surface area contributed by atoms with Gasteiger partial charge in [-0.1, -0.05) is 69.6 Å². The number of ketones is 2. The molecule has 3 nitrogen and oxygen atoms in total. The Morgan fingerprint density at radius 3 is 1.12 bits per heavy atom. The Hall–Kier alpha value is -0.680. The maximum atomic E-state index is 11.8. The van der Waals surface area contributed by atoms with E-state index in [0.29, 0.717) is 11.5 Å². The summed E-state index contributed by atoms with van der Waals surface area (Å²) in [6, 6.07) is 12.1. The molecule has 0 radical (unpaired) electrons. The first-order chi connectivity index (χ1) is 11.5. The van der Waals surface area contributed by atoms with Gasteiger partial charge in [0.2, 0.25) is 11.6 Å². The minimum absolute atomic E-state index is 0.232. The van der Waals surface area contributed by atoms with Crippen LogP contribution in [-0.2, 0) is 0 Å². The van der Waals surface area contributed by atoms with Gasteiger partial charge in [0, 0.05) is 11.1 Å². The van der Waals surface area contributed by atoms with Gasteiger partial charge < -0.3 is 4.74 Å². The van der Waals surface area contributed by atoms with Crippen LogP contribution in [-0.4, -0.2) is 19.2 Å². The van der Waals surface area contributed by atoms with Crippen LogP contribution in [0.15, 0.2) is 48.5 Å². The summed E-state index contributed by atoms with van der Waals surface area (Å²) in [6.45, 7) is 0. The third kappa shape index (κ3) is 5.65. The molecule has 0 heterocycles. The summed E-state index contributed by atoms with van der Waals surface area (Å²) in [5.74, 6) is -0.389. The van der Waals surface area contributed by atoms with E-state index in [2.05, 4.69) is 0 Å². The first-order valence-corrected chi connectivity index (χ1v) is 8.86. The third-order valence-electron chi connectivity index (χ3n) is 2.98. The van der Waals surface area contributed by atoms with Crippen LogP contribution in [0.2, 0.25) is 0 Å². The van der Waals surface area contributed by atoms with Crippen molar-refractivity contribution in [2.75, 3.05) is 0 Å². The molecule has 2 aromatic rings. The van der Waals surface area contributed by atoms with Crippen LogP contribution in [0.25, 0.3) is 0 Å². The Morgan fingerprint density at radius 1 is 0.600 bits per heavy atom. The molecule has 0 bridgehead atoms. The molecule has 2 rings (SSSR count). The van der Waals surface area contributed by atoms with Gasteiger partial charge >= 0.3 is 0 Å². The molecule has 0 aliphatic heterocycles. The lowest BCUT2D eigenvalue weighted by atomic mass is 10.1. The van der Waals surface area contributed by atoms with Gasteiger partial charge in [-0.05, 0) is 48.5 Å². The lowest BCUT2D eigenvalue weighted by Gasteiger charge is -2.11. The van der Waals surface area contributed by atoms with Crippen LogP contribution >= 0.6 is 69.6 Å². The average molecular weight is 461 g/mol. The van der Waals surface area contributed by atoms with Crippen LogP contribution in [0.1, 0.15) is 20.7 Å². The lowest BCUT2D eigenvalue weighted by Crippen LogP contribution is -2.18. The first-order valence-electron chi connectivity index (χ1n) is 6.59. The fourth-order valence-electron chi connectivity index (χ4n) is 1.81. The Kier molecular flexibility index (Phi) is 6.53. The van der Waals surface area contributed by atoms with Crippen molar-refractivity contribution in [2.45, 2.75) is 7.59 Å². The van der Waals surface area contributed by atoms with Crippen molar-refractivity contribution >= 4 is 81.2 Å². The zero-order valence-electron chi connectivity index (χ0n) is 12.1. The third-order valence-corrected chi connectivity index (χ3v) is 4.01. The number of Topliss-reactive ketones (excluding diaryl/α,β-unsaturated/α-hetero) is 2. The molecular formula is C16H8Cl6O3. The molecular weight excluding hydrogens is 453 g/mol. The van der Waals surface area contributed by atoms with Gasteiger partial charge in [-0.15, -0.1) is 0 Å². The second-order valence-corrected chi connectivity index (χ2v) is 9.37. The highest BCUT2D eigenvalue weighted by Crippen LogP contribution is 2.33. The fraction of sp³-hybridized carbons (Fsp3) is 0.125. The van der Waals surface area contributed by atoms with Gasteiger partial charge in [0.05, 0.1) is 0 Å². The molecule has 0 aliphatic carbocycles. The van der Waals surface area contributed by atoms with Gasteiger partial charge in [-0.25, -0.2) is 0 Å². The van der Waals surface area contributed by atoms with Crippen molar-refractivity contribution in [3.05, 3.63) is 59.7 Å². The molecule has 0 N–H and O–H groups in total. The summed E-state index contributed by atoms with van der Waals surface area (Å²) in [5.41, 5.74) is 0.465. The predicted octanol–water partition coefficient (Wildman–Crippen LogP) is 6.58. The highest BCUT2D eigenvalue weighted by Gasteiger charge is 2.32. The second-order valence-electron chi connectivity index (χ2n) is 4.80. The van der Waals surface area contributed by atoms with E-state index < -0.39 is 19.2 Å². The highest BCUT2D eigenvalue weighted by molar-refractivity contribution is 6.78. The van der Waals surface area contributed by atoms with Crippen molar-refractivity contribution in [3.8, 4) is 11.5 Å². The number of ether oxygens (including phenoxy) is 1. The quantitative estimate of drug-likeness (QED) is 0.382. The number of hydrogen-bond acceptors (Lipinski definition) is 3. The summed E-state index contributed by atoms with van der Waals surface area (Å²) in [7, 11) is 0. The summed E-state index contributed by atoms with van der Waals surface area (Å²) in [4.78, 5) is 23.6. The SMILES string of the molecule is O=C(c1ccc(Oc2ccc(C(=O)C(Cl)(Cl)Cl)cc2)cc1)C(Cl)(Cl)Cl. The van der Waals surface area contributed by atoms with Crippen molar-refractivity contribution in [1.29, 1.82) is 0 Å². The molecule has 0 aromatic heterocycles. The van der Waals surface area contributed by atoms with Gasteiger partial charge in [0.15, 0.2) is 0 Å². The smallest absolute Gasteiger partial charge is 0.253 e. The Bertz CT molecular complexity index is 706. The predicted molar refractivity (Wildman–Crippen MR) is 102 cm³/mol. The van der Waals surface area contributed by atoms with E-state index in [4.69, 9.17) is 74.3 Å². The zero-order chi connectivity index (χ0) is 18.8. The van der Waals surface area contributed by atoms with Gasteiger partial charge in [-0.3, -0.25) is 9.59 Å². The highest BCUT2D eigenvalue weighted by atomic mass is 35.6. The Balaban J connectivity index is 2.10. The number of hydrogen-bond donors (Lipinski definition) is 0. The standard InChI is InChI=1S/C16H8Cl6O3/c17-15(18,19)13(23)9-1-5-11(6-2-9)25-12-7-3-10(4-8-12)14(24)16(20,21)22/h1-8H. The molecule has 0 fully saturated rings. The average Bonchev–Trinajstić information content (AvgIpc) is 2.53. The summed E-state index contributed by atoms with van der Waals surface area (Å²) in [5, 5.41) is 0. The van der Waals surface area contributed by atoms with E-state index in [9.17, 15) is 9.59 Å². The first kappa shape index (κ1) is 20.6. The largest absolute Gasteiger partial charge is 0.457 e. The number of alkyl halides is 6. The molecule has 0 saturated carbocycles. The number of carbonyl (C=O) groups excluding carboxylic acids is 2. The molecule has 0 unspecified atom stereocenters. The Labute approximate surface area is 173 Å². The summed E-state index contributed by atoms with van der Waals surface area (Å²) < 4.78 is 1.56. The minimum atomic E-state index is -2.02. The lowest BCUT2D eigenvalue weighted by molar-refractivity contribution is 0.0988. The van der Waals surface area contributed by atoms with Crippen molar-refractivity contribution in [1.82, 2.24) is 0 Å². The van der Waals surface area contributed by atoms with Crippen molar-refractivity contribution in [3.63, 3.8) is 0 Å². The number of rotatable bonds is 4. The van der Waals surface area contributed by atoms with E-state index >= 15 is 0 Å². The molecule has 9 heteroatoms. The minimum Gasteiger partial charge on any atom is -0.457 e. The molecule has 132 valence electrons. The van der Waals surface area contributed by atoms with E-state index in [1.54, 1.807) is 24.3 Å². The number of halogens is 6. The van der Waals surface area contributed by atoms with Crippen LogP contribution < -0.4 is 4.74 Å². The molecule has 0 spiro atoms. The fourth-order valence-corrected chi connectivity index (χ4v) is 2.47. The second kappa shape index (κ2) is 7.91. The van der Waals surface area contributed by atoms with Crippen LogP contribution in [0.4, 0.5) is 0 Å². The van der Waals surface area contributed by atoms with Gasteiger partial charge in [0.25, 0.3) is 7.59 Å². The molecule has 0 saturated heterocycles. The van der Waals surface area contributed by atoms with E-state index in [-0.39, 0.29) is 11.1 Å². The van der Waals surface area contributed by atoms with Crippen molar-refractivity contribution in [2.24, 2.45) is 0 Å². The number of benzene rings is 2. The maximum Gasteiger partial charge on any atom is 0.253 e. The monoisotopic (exact) mass is 458 g/mol. The molecule has 0 amide bonds. The molecule has 2 aromatic carbocycles. The van der Waals surface area contributed by atoms with E-state index in [1.807, 2.05) is 0 Å². The maximum absolute atomic E-state index is 11.8. The molecule has 25 heavy (non-hydrogen) atoms. The van der Waals surface area contributed by atoms with Gasteiger partial charge in [-0.2, -0.15) is 0 Å². The molecule has 0 aliphatic rings. The van der Waals surface area contributed by atoms with E-state index in [1.165, 1.54) is 24.3 Å².